The maximum atomic E-state index is 12.0. The summed E-state index contributed by atoms with van der Waals surface area (Å²) in [5.74, 6) is -2.01. The number of aliphatic carboxylic acids is 1. The van der Waals surface area contributed by atoms with Gasteiger partial charge in [-0.3, -0.25) is 4.79 Å². The molecule has 0 amide bonds. The van der Waals surface area contributed by atoms with E-state index in [0.717, 1.165) is 0 Å². The quantitative estimate of drug-likeness (QED) is 0.686. The normalized spacial score (nSPS) is 10.6. The molecule has 0 atom stereocenters. The molecule has 12 heavy (non-hydrogen) atoms. The molecule has 0 saturated carbocycles. The molecule has 1 aromatic rings. The number of hydrogen-bond donors (Lipinski definition) is 1. The van der Waals surface area contributed by atoms with Crippen LogP contribution < -0.4 is 0 Å². The van der Waals surface area contributed by atoms with Crippen LogP contribution in [0, 0.1) is 0 Å². The molecule has 0 aromatic carbocycles. The number of aromatic nitrogens is 4. The van der Waals surface area contributed by atoms with Crippen molar-refractivity contribution < 1.29 is 18.7 Å². The lowest BCUT2D eigenvalue weighted by molar-refractivity contribution is -0.138. The molecular formula is C4H4F2N4O2. The Labute approximate surface area is 64.8 Å². The van der Waals surface area contributed by atoms with Gasteiger partial charge in [0.1, 0.15) is 6.54 Å². The van der Waals surface area contributed by atoms with Gasteiger partial charge in [0, 0.05) is 0 Å². The van der Waals surface area contributed by atoms with Crippen LogP contribution in [0.5, 0.6) is 0 Å². The summed E-state index contributed by atoms with van der Waals surface area (Å²) in [5.41, 5.74) is 0. The monoisotopic (exact) mass is 178 g/mol. The van der Waals surface area contributed by atoms with Crippen molar-refractivity contribution in [1.29, 1.82) is 0 Å². The van der Waals surface area contributed by atoms with Gasteiger partial charge in [0.2, 0.25) is 5.82 Å². The van der Waals surface area contributed by atoms with E-state index in [1.807, 2.05) is 0 Å². The van der Waals surface area contributed by atoms with Gasteiger partial charge in [-0.15, -0.1) is 5.10 Å². The van der Waals surface area contributed by atoms with Crippen LogP contribution in [0.3, 0.4) is 0 Å². The number of alkyl halides is 2. The lowest BCUT2D eigenvalue weighted by Crippen LogP contribution is -2.13. The zero-order chi connectivity index (χ0) is 9.14. The fourth-order valence-corrected chi connectivity index (χ4v) is 0.609. The second-order valence-electron chi connectivity index (χ2n) is 1.89. The molecule has 0 fully saturated rings. The second kappa shape index (κ2) is 3.20. The van der Waals surface area contributed by atoms with Crippen molar-refractivity contribution in [3.63, 3.8) is 0 Å². The van der Waals surface area contributed by atoms with E-state index in [0.29, 0.717) is 4.68 Å². The highest BCUT2D eigenvalue weighted by molar-refractivity contribution is 5.66. The fraction of sp³-hybridized carbons (Fsp3) is 0.500. The standard InChI is InChI=1S/C4H4F2N4O2/c5-3(6)4-7-8-9-10(4)1-2(11)12/h3H,1H2,(H,11,12). The molecule has 6 nitrogen and oxygen atoms in total. The number of carbonyl (C=O) groups is 1. The van der Waals surface area contributed by atoms with Gasteiger partial charge in [-0.2, -0.15) is 0 Å². The SMILES string of the molecule is O=C(O)Cn1nnnc1C(F)F. The molecule has 0 saturated heterocycles. The summed E-state index contributed by atoms with van der Waals surface area (Å²) in [5, 5.41) is 17.2. The van der Waals surface area contributed by atoms with Gasteiger partial charge < -0.3 is 5.11 Å². The smallest absolute Gasteiger partial charge is 0.325 e. The predicted molar refractivity (Wildman–Crippen MR) is 30.4 cm³/mol. The number of hydrogen-bond acceptors (Lipinski definition) is 4. The summed E-state index contributed by atoms with van der Waals surface area (Å²) in [4.78, 5) is 10.1. The molecule has 66 valence electrons. The first-order valence-corrected chi connectivity index (χ1v) is 2.87. The Balaban J connectivity index is 2.84. The summed E-state index contributed by atoms with van der Waals surface area (Å²) in [6.45, 7) is -0.660. The van der Waals surface area contributed by atoms with Crippen molar-refractivity contribution in [2.24, 2.45) is 0 Å². The van der Waals surface area contributed by atoms with Gasteiger partial charge in [-0.25, -0.2) is 13.5 Å². The summed E-state index contributed by atoms with van der Waals surface area (Å²) in [7, 11) is 0. The summed E-state index contributed by atoms with van der Waals surface area (Å²) in [6, 6.07) is 0. The van der Waals surface area contributed by atoms with Crippen LogP contribution in [0.15, 0.2) is 0 Å². The number of carboxylic acid groups (broad SMARTS) is 1. The molecule has 0 spiro atoms. The first-order chi connectivity index (χ1) is 5.61. The Morgan fingerprint density at radius 2 is 2.33 bits per heavy atom. The first kappa shape index (κ1) is 8.50. The third kappa shape index (κ3) is 1.71. The highest BCUT2D eigenvalue weighted by atomic mass is 19.3. The molecule has 0 bridgehead atoms. The number of halogens is 2. The van der Waals surface area contributed by atoms with E-state index >= 15 is 0 Å². The second-order valence-corrected chi connectivity index (χ2v) is 1.89. The van der Waals surface area contributed by atoms with Gasteiger partial charge >= 0.3 is 5.97 Å². The number of rotatable bonds is 3. The summed E-state index contributed by atoms with van der Waals surface area (Å²) >= 11 is 0. The zero-order valence-electron chi connectivity index (χ0n) is 5.68. The van der Waals surface area contributed by atoms with Crippen molar-refractivity contribution in [3.8, 4) is 0 Å². The van der Waals surface area contributed by atoms with Crippen molar-refractivity contribution in [3.05, 3.63) is 5.82 Å². The largest absolute Gasteiger partial charge is 0.480 e. The van der Waals surface area contributed by atoms with E-state index in [1.165, 1.54) is 0 Å². The zero-order valence-corrected chi connectivity index (χ0v) is 5.68. The Morgan fingerprint density at radius 1 is 1.67 bits per heavy atom. The topological polar surface area (TPSA) is 80.9 Å². The van der Waals surface area contributed by atoms with Crippen LogP contribution in [0.1, 0.15) is 12.2 Å². The number of tetrazole rings is 1. The van der Waals surface area contributed by atoms with Gasteiger partial charge in [-0.05, 0) is 10.4 Å². The minimum Gasteiger partial charge on any atom is -0.480 e. The Morgan fingerprint density at radius 3 is 2.83 bits per heavy atom. The molecule has 0 aliphatic heterocycles. The van der Waals surface area contributed by atoms with Crippen LogP contribution in [0.2, 0.25) is 0 Å². The van der Waals surface area contributed by atoms with Gasteiger partial charge in [0.25, 0.3) is 6.43 Å². The molecular weight excluding hydrogens is 174 g/mol. The average molecular weight is 178 g/mol. The Hall–Kier alpha value is -1.60. The first-order valence-electron chi connectivity index (χ1n) is 2.87. The Kier molecular flexibility index (Phi) is 2.26. The molecule has 1 rings (SSSR count). The lowest BCUT2D eigenvalue weighted by atomic mass is 10.6. The van der Waals surface area contributed by atoms with E-state index in [-0.39, 0.29) is 0 Å². The summed E-state index contributed by atoms with van der Waals surface area (Å²) < 4.78 is 24.4. The van der Waals surface area contributed by atoms with Crippen LogP contribution in [0.25, 0.3) is 0 Å². The van der Waals surface area contributed by atoms with Crippen molar-refractivity contribution in [2.75, 3.05) is 0 Å². The fourth-order valence-electron chi connectivity index (χ4n) is 0.609. The minimum atomic E-state index is -2.86. The van der Waals surface area contributed by atoms with Gasteiger partial charge in [0.05, 0.1) is 0 Å². The van der Waals surface area contributed by atoms with E-state index in [2.05, 4.69) is 15.5 Å². The Bertz CT molecular complexity index is 286. The van der Waals surface area contributed by atoms with Crippen LogP contribution in [0.4, 0.5) is 8.78 Å². The molecule has 1 aromatic heterocycles. The third-order valence-electron chi connectivity index (χ3n) is 1.04. The number of carboxylic acids is 1. The van der Waals surface area contributed by atoms with Crippen molar-refractivity contribution in [2.45, 2.75) is 13.0 Å². The van der Waals surface area contributed by atoms with E-state index in [9.17, 15) is 13.6 Å². The van der Waals surface area contributed by atoms with Gasteiger partial charge in [0.15, 0.2) is 0 Å². The highest BCUT2D eigenvalue weighted by Crippen LogP contribution is 2.13. The number of nitrogens with zero attached hydrogens (tertiary/aromatic N) is 4. The van der Waals surface area contributed by atoms with Crippen LogP contribution >= 0.6 is 0 Å². The van der Waals surface area contributed by atoms with Crippen LogP contribution in [-0.4, -0.2) is 31.3 Å². The molecule has 8 heteroatoms. The van der Waals surface area contributed by atoms with E-state index < -0.39 is 24.8 Å². The molecule has 0 radical (unpaired) electrons. The minimum absolute atomic E-state index is 0.535. The molecule has 0 unspecified atom stereocenters. The van der Waals surface area contributed by atoms with E-state index in [4.69, 9.17) is 5.11 Å². The highest BCUT2D eigenvalue weighted by Gasteiger charge is 2.17. The average Bonchev–Trinajstić information content (AvgIpc) is 2.33. The predicted octanol–water partition coefficient (Wildman–Crippen LogP) is -0.305. The van der Waals surface area contributed by atoms with Crippen LogP contribution in [-0.2, 0) is 11.3 Å². The van der Waals surface area contributed by atoms with Crippen molar-refractivity contribution in [1.82, 2.24) is 20.2 Å². The van der Waals surface area contributed by atoms with Gasteiger partial charge in [-0.1, -0.05) is 0 Å². The summed E-state index contributed by atoms with van der Waals surface area (Å²) in [6.07, 6.45) is -2.86. The lowest BCUT2D eigenvalue weighted by Gasteiger charge is -1.98. The van der Waals surface area contributed by atoms with E-state index in [1.54, 1.807) is 0 Å². The molecule has 0 aliphatic rings. The molecule has 0 aliphatic carbocycles. The maximum absolute atomic E-state index is 12.0. The molecule has 1 N–H and O–H groups in total. The van der Waals surface area contributed by atoms with Crippen molar-refractivity contribution >= 4 is 5.97 Å². The molecule has 1 heterocycles. The third-order valence-corrected chi connectivity index (χ3v) is 1.04. The maximum Gasteiger partial charge on any atom is 0.325 e.